The maximum Gasteiger partial charge on any atom is 0.323 e. The molecule has 0 aromatic carbocycles. The Balaban J connectivity index is 3.52. The number of carboxylic acids is 1. The van der Waals surface area contributed by atoms with Gasteiger partial charge in [-0.3, -0.25) is 4.79 Å². The van der Waals surface area contributed by atoms with Gasteiger partial charge in [-0.2, -0.15) is 0 Å². The van der Waals surface area contributed by atoms with E-state index in [-0.39, 0.29) is 13.2 Å². The van der Waals surface area contributed by atoms with Crippen molar-refractivity contribution in [2.24, 2.45) is 0 Å². The molecule has 0 spiro atoms. The zero-order valence-electron chi connectivity index (χ0n) is 7.28. The summed E-state index contributed by atoms with van der Waals surface area (Å²) in [6.45, 7) is 1.80. The fraction of sp³-hybridized carbons (Fsp3) is 0.857. The Kier molecular flexibility index (Phi) is 5.61. The Morgan fingerprint density at radius 3 is 2.50 bits per heavy atom. The van der Waals surface area contributed by atoms with Crippen LogP contribution in [0.5, 0.6) is 0 Å². The zero-order valence-corrected chi connectivity index (χ0v) is 7.28. The van der Waals surface area contributed by atoms with E-state index in [0.717, 1.165) is 0 Å². The van der Waals surface area contributed by atoms with Crippen LogP contribution in [0.1, 0.15) is 6.92 Å². The summed E-state index contributed by atoms with van der Waals surface area (Å²) >= 11 is 0. The lowest BCUT2D eigenvalue weighted by molar-refractivity contribution is -0.141. The quantitative estimate of drug-likeness (QED) is 0.488. The summed E-state index contributed by atoms with van der Waals surface area (Å²) < 4.78 is 4.92. The lowest BCUT2D eigenvalue weighted by Gasteiger charge is -2.12. The highest BCUT2D eigenvalue weighted by molar-refractivity contribution is 5.73. The molecule has 0 heterocycles. The Morgan fingerprint density at radius 2 is 2.17 bits per heavy atom. The van der Waals surface area contributed by atoms with Gasteiger partial charge in [-0.15, -0.1) is 0 Å². The molecule has 0 rings (SSSR count). The number of nitrogens with one attached hydrogen (secondary N) is 1. The highest BCUT2D eigenvalue weighted by atomic mass is 16.5. The van der Waals surface area contributed by atoms with E-state index in [0.29, 0.717) is 0 Å². The third-order valence-electron chi connectivity index (χ3n) is 1.29. The summed E-state index contributed by atoms with van der Waals surface area (Å²) in [6.07, 6.45) is -0.559. The monoisotopic (exact) mass is 177 g/mol. The average Bonchev–Trinajstić information content (AvgIpc) is 1.96. The van der Waals surface area contributed by atoms with E-state index >= 15 is 0 Å². The van der Waals surface area contributed by atoms with Crippen LogP contribution in [0, 0.1) is 0 Å². The number of carbonyl (C=O) groups is 1. The number of carboxylic acid groups (broad SMARTS) is 1. The topological polar surface area (TPSA) is 78.8 Å². The normalized spacial score (nSPS) is 15.6. The molecule has 5 heteroatoms. The van der Waals surface area contributed by atoms with Gasteiger partial charge in [0.05, 0.1) is 19.3 Å². The minimum Gasteiger partial charge on any atom is -0.480 e. The van der Waals surface area contributed by atoms with Crippen molar-refractivity contribution in [1.29, 1.82) is 0 Å². The summed E-state index contributed by atoms with van der Waals surface area (Å²) in [5.41, 5.74) is 0. The molecule has 0 amide bonds. The van der Waals surface area contributed by atoms with Gasteiger partial charge in [-0.25, -0.2) is 0 Å². The lowest BCUT2D eigenvalue weighted by Crippen LogP contribution is -2.38. The molecule has 0 saturated heterocycles. The second-order valence-electron chi connectivity index (χ2n) is 2.57. The molecule has 0 aromatic rings. The van der Waals surface area contributed by atoms with E-state index in [4.69, 9.17) is 14.9 Å². The molecule has 3 N–H and O–H groups in total. The van der Waals surface area contributed by atoms with Crippen molar-refractivity contribution in [2.75, 3.05) is 20.3 Å². The number of hydrogen-bond donors (Lipinski definition) is 3. The first-order valence-electron chi connectivity index (χ1n) is 3.73. The van der Waals surface area contributed by atoms with Crippen LogP contribution in [-0.4, -0.2) is 48.6 Å². The second kappa shape index (κ2) is 5.93. The van der Waals surface area contributed by atoms with Gasteiger partial charge in [0.2, 0.25) is 0 Å². The standard InChI is InChI=1S/C7H15NO4/c1-5(9)3-12-4-6(8-2)7(10)11/h5-6,8-9H,3-4H2,1-2H3,(H,10,11)/t5-,6+/m1/s1. The van der Waals surface area contributed by atoms with Crippen LogP contribution in [-0.2, 0) is 9.53 Å². The second-order valence-corrected chi connectivity index (χ2v) is 2.57. The SMILES string of the molecule is CN[C@@H](COC[C@@H](C)O)C(=O)O. The molecule has 0 aliphatic carbocycles. The molecule has 0 aliphatic rings. The highest BCUT2D eigenvalue weighted by Crippen LogP contribution is 1.88. The number of likely N-dealkylation sites (N-methyl/N-ethyl adjacent to an activating group) is 1. The van der Waals surface area contributed by atoms with Crippen LogP contribution in [0.15, 0.2) is 0 Å². The first kappa shape index (κ1) is 11.4. The zero-order chi connectivity index (χ0) is 9.56. The van der Waals surface area contributed by atoms with Crippen LogP contribution < -0.4 is 5.32 Å². The van der Waals surface area contributed by atoms with Crippen LogP contribution >= 0.6 is 0 Å². The smallest absolute Gasteiger partial charge is 0.323 e. The van der Waals surface area contributed by atoms with Crippen LogP contribution in [0.2, 0.25) is 0 Å². The van der Waals surface area contributed by atoms with Gasteiger partial charge in [0.1, 0.15) is 6.04 Å². The lowest BCUT2D eigenvalue weighted by atomic mass is 10.3. The third kappa shape index (κ3) is 5.06. The minimum atomic E-state index is -0.955. The third-order valence-corrected chi connectivity index (χ3v) is 1.29. The predicted octanol–water partition coefficient (Wildman–Crippen LogP) is -0.944. The molecule has 0 unspecified atom stereocenters. The number of hydrogen-bond acceptors (Lipinski definition) is 4. The molecule has 5 nitrogen and oxygen atoms in total. The van der Waals surface area contributed by atoms with Gasteiger partial charge in [0, 0.05) is 0 Å². The highest BCUT2D eigenvalue weighted by Gasteiger charge is 2.14. The Morgan fingerprint density at radius 1 is 1.58 bits per heavy atom. The molecule has 0 aliphatic heterocycles. The molecule has 0 bridgehead atoms. The number of aliphatic hydroxyl groups excluding tert-OH is 1. The molecule has 0 fully saturated rings. The fourth-order valence-corrected chi connectivity index (χ4v) is 0.635. The van der Waals surface area contributed by atoms with Gasteiger partial charge in [0.15, 0.2) is 0 Å². The average molecular weight is 177 g/mol. The Bertz CT molecular complexity index is 137. The van der Waals surface area contributed by atoms with Gasteiger partial charge in [-0.1, -0.05) is 0 Å². The number of aliphatic hydroxyl groups is 1. The molecule has 0 aromatic heterocycles. The van der Waals surface area contributed by atoms with Crippen LogP contribution in [0.4, 0.5) is 0 Å². The van der Waals surface area contributed by atoms with E-state index in [1.54, 1.807) is 14.0 Å². The van der Waals surface area contributed by atoms with Gasteiger partial charge in [0.25, 0.3) is 0 Å². The minimum absolute atomic E-state index is 0.0662. The van der Waals surface area contributed by atoms with Gasteiger partial charge >= 0.3 is 5.97 Å². The van der Waals surface area contributed by atoms with Crippen LogP contribution in [0.25, 0.3) is 0 Å². The van der Waals surface area contributed by atoms with E-state index in [9.17, 15) is 4.79 Å². The first-order chi connectivity index (χ1) is 5.57. The van der Waals surface area contributed by atoms with Crippen LogP contribution in [0.3, 0.4) is 0 Å². The largest absolute Gasteiger partial charge is 0.480 e. The number of aliphatic carboxylic acids is 1. The summed E-state index contributed by atoms with van der Waals surface area (Å²) in [5.74, 6) is -0.955. The predicted molar refractivity (Wildman–Crippen MR) is 43.0 cm³/mol. The molecular formula is C7H15NO4. The van der Waals surface area contributed by atoms with E-state index in [1.807, 2.05) is 0 Å². The first-order valence-corrected chi connectivity index (χ1v) is 3.73. The number of rotatable bonds is 6. The fourth-order valence-electron chi connectivity index (χ4n) is 0.635. The maximum atomic E-state index is 10.4. The van der Waals surface area contributed by atoms with Crippen molar-refractivity contribution < 1.29 is 19.7 Å². The van der Waals surface area contributed by atoms with Crippen molar-refractivity contribution in [3.05, 3.63) is 0 Å². The van der Waals surface area contributed by atoms with Gasteiger partial charge in [-0.05, 0) is 14.0 Å². The van der Waals surface area contributed by atoms with E-state index in [1.165, 1.54) is 0 Å². The summed E-state index contributed by atoms with van der Waals surface area (Å²) in [5, 5.41) is 19.9. The van der Waals surface area contributed by atoms with Crippen molar-refractivity contribution in [2.45, 2.75) is 19.1 Å². The molecule has 72 valence electrons. The maximum absolute atomic E-state index is 10.4. The molecule has 0 radical (unpaired) electrons. The van der Waals surface area contributed by atoms with Gasteiger partial charge < -0.3 is 20.3 Å². The van der Waals surface area contributed by atoms with Crippen molar-refractivity contribution in [1.82, 2.24) is 5.32 Å². The summed E-state index contributed by atoms with van der Waals surface area (Å²) in [4.78, 5) is 10.4. The molecular weight excluding hydrogens is 162 g/mol. The van der Waals surface area contributed by atoms with Crippen molar-refractivity contribution >= 4 is 5.97 Å². The molecule has 2 atom stereocenters. The van der Waals surface area contributed by atoms with Crippen molar-refractivity contribution in [3.8, 4) is 0 Å². The van der Waals surface area contributed by atoms with Crippen molar-refractivity contribution in [3.63, 3.8) is 0 Å². The van der Waals surface area contributed by atoms with E-state index in [2.05, 4.69) is 5.32 Å². The Labute approximate surface area is 71.3 Å². The summed E-state index contributed by atoms with van der Waals surface area (Å²) in [7, 11) is 1.55. The molecule has 12 heavy (non-hydrogen) atoms. The molecule has 0 saturated carbocycles. The number of ether oxygens (including phenoxy) is 1. The summed E-state index contributed by atoms with van der Waals surface area (Å²) in [6, 6.07) is -0.705. The van der Waals surface area contributed by atoms with E-state index < -0.39 is 18.1 Å². The Hall–Kier alpha value is -0.650.